The first-order chi connectivity index (χ1) is 12.1. The van der Waals surface area contributed by atoms with Crippen LogP contribution in [0, 0.1) is 10.1 Å². The van der Waals surface area contributed by atoms with Crippen molar-refractivity contribution in [2.45, 2.75) is 17.0 Å². The minimum atomic E-state index is -0.449. The summed E-state index contributed by atoms with van der Waals surface area (Å²) in [6.07, 6.45) is 0. The van der Waals surface area contributed by atoms with E-state index in [1.807, 2.05) is 41.9 Å². The molecule has 3 rings (SSSR count). The summed E-state index contributed by atoms with van der Waals surface area (Å²) >= 11 is 1.38. The molecule has 3 aromatic rings. The highest BCUT2D eigenvalue weighted by Gasteiger charge is 2.17. The Balaban J connectivity index is 1.89. The molecular formula is C17H16N4O3S. The fourth-order valence-electron chi connectivity index (χ4n) is 2.33. The first-order valence-electron chi connectivity index (χ1n) is 7.64. The molecule has 0 N–H and O–H groups in total. The Morgan fingerprint density at radius 2 is 1.96 bits per heavy atom. The number of nitrogens with zero attached hydrogens (tertiary/aromatic N) is 4. The van der Waals surface area contributed by atoms with Crippen LogP contribution in [-0.2, 0) is 7.05 Å². The molecule has 0 amide bonds. The predicted molar refractivity (Wildman–Crippen MR) is 94.8 cm³/mol. The molecule has 0 saturated heterocycles. The van der Waals surface area contributed by atoms with E-state index in [1.165, 1.54) is 17.8 Å². The number of hydrogen-bond donors (Lipinski definition) is 0. The van der Waals surface area contributed by atoms with Crippen molar-refractivity contribution >= 4 is 17.4 Å². The molecule has 0 fully saturated rings. The summed E-state index contributed by atoms with van der Waals surface area (Å²) in [4.78, 5) is 11.4. The lowest BCUT2D eigenvalue weighted by Crippen LogP contribution is -1.98. The lowest BCUT2D eigenvalue weighted by molar-refractivity contribution is -0.385. The van der Waals surface area contributed by atoms with Crippen LogP contribution < -0.4 is 4.74 Å². The number of nitro benzene ring substituents is 1. The molecule has 0 unspecified atom stereocenters. The Morgan fingerprint density at radius 1 is 1.20 bits per heavy atom. The molecule has 2 aromatic carbocycles. The molecule has 0 aliphatic carbocycles. The molecule has 1 heterocycles. The van der Waals surface area contributed by atoms with Gasteiger partial charge in [0.1, 0.15) is 0 Å². The predicted octanol–water partition coefficient (Wildman–Crippen LogP) is 3.94. The van der Waals surface area contributed by atoms with Crippen LogP contribution in [-0.4, -0.2) is 26.3 Å². The highest BCUT2D eigenvalue weighted by Crippen LogP contribution is 2.35. The quantitative estimate of drug-likeness (QED) is 0.491. The number of ether oxygens (including phenoxy) is 1. The Kier molecular flexibility index (Phi) is 4.99. The number of nitro groups is 1. The van der Waals surface area contributed by atoms with Crippen molar-refractivity contribution in [3.63, 3.8) is 0 Å². The maximum absolute atomic E-state index is 11.1. The van der Waals surface area contributed by atoms with Gasteiger partial charge in [-0.1, -0.05) is 30.3 Å². The van der Waals surface area contributed by atoms with Crippen LogP contribution in [0.1, 0.15) is 6.92 Å². The standard InChI is InChI=1S/C17H16N4O3S/c1-3-24-15-11-13(9-10-14(15)21(22)23)25-17-19-18-16(20(17)2)12-7-5-4-6-8-12/h4-11H,3H2,1-2H3. The fraction of sp³-hybridized carbons (Fsp3) is 0.176. The Labute approximate surface area is 148 Å². The van der Waals surface area contributed by atoms with Crippen LogP contribution in [0.15, 0.2) is 58.6 Å². The van der Waals surface area contributed by atoms with Gasteiger partial charge < -0.3 is 9.30 Å². The average molecular weight is 356 g/mol. The summed E-state index contributed by atoms with van der Waals surface area (Å²) in [5, 5.41) is 20.2. The Hall–Kier alpha value is -2.87. The smallest absolute Gasteiger partial charge is 0.310 e. The number of benzene rings is 2. The van der Waals surface area contributed by atoms with Crippen LogP contribution in [0.2, 0.25) is 0 Å². The molecule has 25 heavy (non-hydrogen) atoms. The van der Waals surface area contributed by atoms with Gasteiger partial charge in [-0.2, -0.15) is 0 Å². The summed E-state index contributed by atoms with van der Waals surface area (Å²) < 4.78 is 7.27. The summed E-state index contributed by atoms with van der Waals surface area (Å²) in [6.45, 7) is 2.15. The molecule has 7 nitrogen and oxygen atoms in total. The van der Waals surface area contributed by atoms with Crippen molar-refractivity contribution in [2.24, 2.45) is 7.05 Å². The molecule has 1 aromatic heterocycles. The van der Waals surface area contributed by atoms with E-state index in [0.717, 1.165) is 16.3 Å². The van der Waals surface area contributed by atoms with Crippen molar-refractivity contribution in [3.8, 4) is 17.1 Å². The van der Waals surface area contributed by atoms with Crippen LogP contribution in [0.4, 0.5) is 5.69 Å². The summed E-state index contributed by atoms with van der Waals surface area (Å²) in [5.74, 6) is 1.01. The lowest BCUT2D eigenvalue weighted by atomic mass is 10.2. The van der Waals surface area contributed by atoms with Gasteiger partial charge >= 0.3 is 5.69 Å². The largest absolute Gasteiger partial charge is 0.487 e. The first-order valence-corrected chi connectivity index (χ1v) is 8.45. The second kappa shape index (κ2) is 7.35. The van der Waals surface area contributed by atoms with Gasteiger partial charge in [-0.15, -0.1) is 10.2 Å². The van der Waals surface area contributed by atoms with E-state index in [-0.39, 0.29) is 11.4 Å². The zero-order valence-electron chi connectivity index (χ0n) is 13.7. The van der Waals surface area contributed by atoms with Gasteiger partial charge in [-0.05, 0) is 24.8 Å². The second-order valence-electron chi connectivity index (χ2n) is 5.15. The molecule has 0 aliphatic heterocycles. The zero-order chi connectivity index (χ0) is 17.8. The highest BCUT2D eigenvalue weighted by atomic mass is 32.2. The molecule has 8 heteroatoms. The van der Waals surface area contributed by atoms with Gasteiger partial charge in [0.2, 0.25) is 0 Å². The fourth-order valence-corrected chi connectivity index (χ4v) is 3.15. The molecule has 0 bridgehead atoms. The third kappa shape index (κ3) is 3.63. The number of hydrogen-bond acceptors (Lipinski definition) is 6. The lowest BCUT2D eigenvalue weighted by Gasteiger charge is -2.07. The van der Waals surface area contributed by atoms with Gasteiger partial charge in [0.25, 0.3) is 0 Å². The minimum absolute atomic E-state index is 0.0471. The van der Waals surface area contributed by atoms with Crippen molar-refractivity contribution < 1.29 is 9.66 Å². The van der Waals surface area contributed by atoms with Gasteiger partial charge in [0.15, 0.2) is 16.7 Å². The molecular weight excluding hydrogens is 340 g/mol. The van der Waals surface area contributed by atoms with E-state index in [2.05, 4.69) is 10.2 Å². The SMILES string of the molecule is CCOc1cc(Sc2nnc(-c3ccccc3)n2C)ccc1[N+](=O)[O-]. The third-order valence-electron chi connectivity index (χ3n) is 3.50. The number of rotatable bonds is 6. The maximum atomic E-state index is 11.1. The van der Waals surface area contributed by atoms with Crippen molar-refractivity contribution in [2.75, 3.05) is 6.61 Å². The second-order valence-corrected chi connectivity index (χ2v) is 6.19. The molecule has 0 spiro atoms. The van der Waals surface area contributed by atoms with Crippen molar-refractivity contribution in [1.82, 2.24) is 14.8 Å². The summed E-state index contributed by atoms with van der Waals surface area (Å²) in [5.41, 5.74) is 0.928. The maximum Gasteiger partial charge on any atom is 0.310 e. The van der Waals surface area contributed by atoms with Crippen LogP contribution >= 0.6 is 11.8 Å². The Morgan fingerprint density at radius 3 is 2.64 bits per heavy atom. The molecule has 0 radical (unpaired) electrons. The minimum Gasteiger partial charge on any atom is -0.487 e. The van der Waals surface area contributed by atoms with Gasteiger partial charge in [0.05, 0.1) is 11.5 Å². The van der Waals surface area contributed by atoms with Crippen LogP contribution in [0.3, 0.4) is 0 Å². The molecule has 0 saturated carbocycles. The highest BCUT2D eigenvalue weighted by molar-refractivity contribution is 7.99. The molecule has 128 valence electrons. The monoisotopic (exact) mass is 356 g/mol. The van der Waals surface area contributed by atoms with Crippen molar-refractivity contribution in [3.05, 3.63) is 58.6 Å². The average Bonchev–Trinajstić information content (AvgIpc) is 2.97. The third-order valence-corrected chi connectivity index (χ3v) is 4.53. The first kappa shape index (κ1) is 17.0. The zero-order valence-corrected chi connectivity index (χ0v) is 14.6. The van der Waals surface area contributed by atoms with Crippen LogP contribution in [0.25, 0.3) is 11.4 Å². The summed E-state index contributed by atoms with van der Waals surface area (Å²) in [7, 11) is 1.89. The number of aromatic nitrogens is 3. The van der Waals surface area contributed by atoms with E-state index >= 15 is 0 Å². The van der Waals surface area contributed by atoms with E-state index in [1.54, 1.807) is 19.1 Å². The van der Waals surface area contributed by atoms with Gasteiger partial charge in [0, 0.05) is 29.6 Å². The van der Waals surface area contributed by atoms with E-state index in [4.69, 9.17) is 4.74 Å². The van der Waals surface area contributed by atoms with Crippen LogP contribution in [0.5, 0.6) is 5.75 Å². The van der Waals surface area contributed by atoms with E-state index < -0.39 is 4.92 Å². The van der Waals surface area contributed by atoms with E-state index in [9.17, 15) is 10.1 Å². The molecule has 0 aliphatic rings. The van der Waals surface area contributed by atoms with Crippen molar-refractivity contribution in [1.29, 1.82) is 0 Å². The molecule has 0 atom stereocenters. The summed E-state index contributed by atoms with van der Waals surface area (Å²) in [6, 6.07) is 14.6. The topological polar surface area (TPSA) is 83.1 Å². The van der Waals surface area contributed by atoms with Gasteiger partial charge in [-0.3, -0.25) is 10.1 Å². The Bertz CT molecular complexity index is 896. The van der Waals surface area contributed by atoms with Gasteiger partial charge in [-0.25, -0.2) is 0 Å². The normalized spacial score (nSPS) is 10.6. The van der Waals surface area contributed by atoms with E-state index in [0.29, 0.717) is 11.8 Å².